The number of rotatable bonds is 8. The summed E-state index contributed by atoms with van der Waals surface area (Å²) in [6.45, 7) is 6.52. The lowest BCUT2D eigenvalue weighted by Crippen LogP contribution is -2.48. The van der Waals surface area contributed by atoms with Gasteiger partial charge in [0.2, 0.25) is 0 Å². The van der Waals surface area contributed by atoms with Gasteiger partial charge in [-0.3, -0.25) is 10.1 Å². The van der Waals surface area contributed by atoms with Crippen LogP contribution in [0.15, 0.2) is 30.3 Å². The topological polar surface area (TPSA) is 126 Å². The van der Waals surface area contributed by atoms with Crippen LogP contribution in [-0.4, -0.2) is 42.6 Å². The maximum atomic E-state index is 12.2. The molecule has 0 aliphatic rings. The Morgan fingerprint density at radius 3 is 2.18 bits per heavy atom. The van der Waals surface area contributed by atoms with Crippen LogP contribution in [0, 0.1) is 5.92 Å². The molecule has 9 heteroatoms. The molecule has 0 unspecified atom stereocenters. The molecule has 0 fully saturated rings. The normalized spacial score (nSPS) is 12.5. The van der Waals surface area contributed by atoms with Gasteiger partial charge in [-0.2, -0.15) is 0 Å². The molecule has 0 aromatic heterocycles. The standard InChI is InChI=1S/C19H28N4O5/c1-5-13(4)20-18(26)22-15(24)11-28-17(25)16(12(2)3)23-19(27)21-14-9-7-6-8-10-14/h6-10,12-13,16H,5,11H2,1-4H3,(H2,21,23,27)(H2,20,22,24,26)/t13-,16+/m1/s1. The molecule has 1 aromatic carbocycles. The number of amides is 5. The predicted molar refractivity (Wildman–Crippen MR) is 105 cm³/mol. The number of ether oxygens (including phenoxy) is 1. The number of carbonyl (C=O) groups excluding carboxylic acids is 4. The fourth-order valence-electron chi connectivity index (χ4n) is 2.08. The molecule has 0 heterocycles. The summed E-state index contributed by atoms with van der Waals surface area (Å²) in [5.41, 5.74) is 0.572. The van der Waals surface area contributed by atoms with Crippen LogP contribution in [0.4, 0.5) is 15.3 Å². The van der Waals surface area contributed by atoms with Gasteiger partial charge in [0.15, 0.2) is 6.61 Å². The Bertz CT molecular complexity index is 678. The molecule has 4 N–H and O–H groups in total. The minimum absolute atomic E-state index is 0.0898. The van der Waals surface area contributed by atoms with E-state index in [4.69, 9.17) is 4.74 Å². The molecule has 0 aliphatic heterocycles. The van der Waals surface area contributed by atoms with Gasteiger partial charge in [-0.05, 0) is 31.4 Å². The van der Waals surface area contributed by atoms with E-state index in [1.54, 1.807) is 45.0 Å². The van der Waals surface area contributed by atoms with Crippen LogP contribution in [-0.2, 0) is 14.3 Å². The quantitative estimate of drug-likeness (QED) is 0.504. The molecule has 0 aliphatic carbocycles. The molecular weight excluding hydrogens is 364 g/mol. The minimum atomic E-state index is -0.953. The van der Waals surface area contributed by atoms with Gasteiger partial charge in [0, 0.05) is 11.7 Å². The van der Waals surface area contributed by atoms with Crippen molar-refractivity contribution in [3.05, 3.63) is 30.3 Å². The van der Waals surface area contributed by atoms with Gasteiger partial charge in [-0.15, -0.1) is 0 Å². The molecule has 9 nitrogen and oxygen atoms in total. The molecule has 0 saturated carbocycles. The monoisotopic (exact) mass is 392 g/mol. The van der Waals surface area contributed by atoms with Crippen molar-refractivity contribution in [1.82, 2.24) is 16.0 Å². The zero-order valence-corrected chi connectivity index (χ0v) is 16.6. The lowest BCUT2D eigenvalue weighted by atomic mass is 10.1. The molecule has 2 atom stereocenters. The Kier molecular flexibility index (Phi) is 9.49. The lowest BCUT2D eigenvalue weighted by Gasteiger charge is -2.21. The summed E-state index contributed by atoms with van der Waals surface area (Å²) in [5, 5.41) is 9.77. The summed E-state index contributed by atoms with van der Waals surface area (Å²) in [7, 11) is 0. The fraction of sp³-hybridized carbons (Fsp3) is 0.474. The highest BCUT2D eigenvalue weighted by atomic mass is 16.5. The SMILES string of the molecule is CC[C@@H](C)NC(=O)NC(=O)COC(=O)[C@@H](NC(=O)Nc1ccccc1)C(C)C. The molecule has 1 rings (SSSR count). The first-order valence-corrected chi connectivity index (χ1v) is 9.12. The average molecular weight is 392 g/mol. The highest BCUT2D eigenvalue weighted by Crippen LogP contribution is 2.07. The third-order valence-corrected chi connectivity index (χ3v) is 3.83. The summed E-state index contributed by atoms with van der Waals surface area (Å²) in [4.78, 5) is 47.6. The number of hydrogen-bond acceptors (Lipinski definition) is 5. The lowest BCUT2D eigenvalue weighted by molar-refractivity contribution is -0.151. The minimum Gasteiger partial charge on any atom is -0.454 e. The van der Waals surface area contributed by atoms with Gasteiger partial charge >= 0.3 is 18.0 Å². The first kappa shape index (κ1) is 22.9. The van der Waals surface area contributed by atoms with Crippen molar-refractivity contribution in [2.75, 3.05) is 11.9 Å². The Balaban J connectivity index is 2.50. The van der Waals surface area contributed by atoms with Crippen LogP contribution in [0.5, 0.6) is 0 Å². The second-order valence-corrected chi connectivity index (χ2v) is 6.62. The van der Waals surface area contributed by atoms with E-state index in [0.717, 1.165) is 0 Å². The Labute approximate surface area is 164 Å². The van der Waals surface area contributed by atoms with Crippen LogP contribution in [0.1, 0.15) is 34.1 Å². The molecular formula is C19H28N4O5. The van der Waals surface area contributed by atoms with Crippen LogP contribution < -0.4 is 21.3 Å². The number of esters is 1. The number of para-hydroxylation sites is 1. The van der Waals surface area contributed by atoms with Gasteiger partial charge in [-0.25, -0.2) is 14.4 Å². The molecule has 1 aromatic rings. The zero-order chi connectivity index (χ0) is 21.1. The third-order valence-electron chi connectivity index (χ3n) is 3.83. The Morgan fingerprint density at radius 2 is 1.61 bits per heavy atom. The molecule has 0 bridgehead atoms. The summed E-state index contributed by atoms with van der Waals surface area (Å²) < 4.78 is 4.94. The number of anilines is 1. The number of hydrogen-bond donors (Lipinski definition) is 4. The van der Waals surface area contributed by atoms with Gasteiger partial charge in [0.05, 0.1) is 0 Å². The van der Waals surface area contributed by atoms with E-state index in [0.29, 0.717) is 12.1 Å². The smallest absolute Gasteiger partial charge is 0.329 e. The van der Waals surface area contributed by atoms with E-state index in [1.807, 2.05) is 13.0 Å². The first-order valence-electron chi connectivity index (χ1n) is 9.12. The number of benzene rings is 1. The van der Waals surface area contributed by atoms with Crippen LogP contribution in [0.25, 0.3) is 0 Å². The predicted octanol–water partition coefficient (Wildman–Crippen LogP) is 2.00. The second kappa shape index (κ2) is 11.6. The van der Waals surface area contributed by atoms with Gasteiger partial charge in [0.1, 0.15) is 6.04 Å². The van der Waals surface area contributed by atoms with E-state index in [-0.39, 0.29) is 12.0 Å². The van der Waals surface area contributed by atoms with E-state index in [1.165, 1.54) is 0 Å². The molecule has 5 amide bonds. The molecule has 0 saturated heterocycles. The van der Waals surface area contributed by atoms with E-state index in [9.17, 15) is 19.2 Å². The summed E-state index contributed by atoms with van der Waals surface area (Å²) in [5.74, 6) is -1.80. The summed E-state index contributed by atoms with van der Waals surface area (Å²) in [6.07, 6.45) is 0.712. The first-order chi connectivity index (χ1) is 13.2. The molecule has 0 spiro atoms. The molecule has 28 heavy (non-hydrogen) atoms. The van der Waals surface area contributed by atoms with Crippen LogP contribution >= 0.6 is 0 Å². The van der Waals surface area contributed by atoms with Gasteiger partial charge in [0.25, 0.3) is 5.91 Å². The Morgan fingerprint density at radius 1 is 0.964 bits per heavy atom. The number of carbonyl (C=O) groups is 4. The fourth-order valence-corrected chi connectivity index (χ4v) is 2.08. The van der Waals surface area contributed by atoms with Crippen molar-refractivity contribution in [3.63, 3.8) is 0 Å². The largest absolute Gasteiger partial charge is 0.454 e. The maximum absolute atomic E-state index is 12.2. The molecule has 154 valence electrons. The average Bonchev–Trinajstić information content (AvgIpc) is 2.64. The van der Waals surface area contributed by atoms with Crippen molar-refractivity contribution in [2.24, 2.45) is 5.92 Å². The van der Waals surface area contributed by atoms with Crippen LogP contribution in [0.2, 0.25) is 0 Å². The highest BCUT2D eigenvalue weighted by molar-refractivity contribution is 5.96. The number of nitrogens with one attached hydrogen (secondary N) is 4. The second-order valence-electron chi connectivity index (χ2n) is 6.62. The number of urea groups is 2. The van der Waals surface area contributed by atoms with Crippen molar-refractivity contribution in [2.45, 2.75) is 46.2 Å². The van der Waals surface area contributed by atoms with Crippen molar-refractivity contribution >= 4 is 29.6 Å². The highest BCUT2D eigenvalue weighted by Gasteiger charge is 2.26. The van der Waals surface area contributed by atoms with Gasteiger partial charge in [-0.1, -0.05) is 39.0 Å². The van der Waals surface area contributed by atoms with Crippen molar-refractivity contribution < 1.29 is 23.9 Å². The van der Waals surface area contributed by atoms with E-state index >= 15 is 0 Å². The van der Waals surface area contributed by atoms with Crippen LogP contribution in [0.3, 0.4) is 0 Å². The third kappa shape index (κ3) is 8.52. The van der Waals surface area contributed by atoms with E-state index in [2.05, 4.69) is 21.3 Å². The summed E-state index contributed by atoms with van der Waals surface area (Å²) in [6, 6.07) is 6.48. The number of imide groups is 1. The Hall–Kier alpha value is -3.10. The maximum Gasteiger partial charge on any atom is 0.329 e. The van der Waals surface area contributed by atoms with Crippen molar-refractivity contribution in [3.8, 4) is 0 Å². The van der Waals surface area contributed by atoms with Gasteiger partial charge < -0.3 is 20.7 Å². The van der Waals surface area contributed by atoms with E-state index < -0.39 is 36.6 Å². The zero-order valence-electron chi connectivity index (χ0n) is 16.6. The molecule has 0 radical (unpaired) electrons. The van der Waals surface area contributed by atoms with Crippen molar-refractivity contribution in [1.29, 1.82) is 0 Å². The summed E-state index contributed by atoms with van der Waals surface area (Å²) >= 11 is 0.